The number of fused-ring (bicyclic) bond motifs is 1. The van der Waals surface area contributed by atoms with E-state index >= 15 is 0 Å². The number of aromatic nitrogens is 3. The summed E-state index contributed by atoms with van der Waals surface area (Å²) in [6, 6.07) is 17.2. The number of hydrogen-bond donors (Lipinski definition) is 3. The van der Waals surface area contributed by atoms with Gasteiger partial charge in [0.15, 0.2) is 0 Å². The van der Waals surface area contributed by atoms with Gasteiger partial charge in [0.1, 0.15) is 22.0 Å². The van der Waals surface area contributed by atoms with Gasteiger partial charge in [-0.15, -0.1) is 0 Å². The Hall–Kier alpha value is -5.29. The molecule has 15 nitrogen and oxygen atoms in total. The van der Waals surface area contributed by atoms with E-state index in [4.69, 9.17) is 21.1 Å². The number of hydrogen-bond acceptors (Lipinski definition) is 12. The first-order chi connectivity index (χ1) is 31.3. The summed E-state index contributed by atoms with van der Waals surface area (Å²) in [5.74, 6) is 0.816. The van der Waals surface area contributed by atoms with Crippen LogP contribution in [0.1, 0.15) is 106 Å². The Kier molecular flexibility index (Phi) is 12.8. The molecule has 2 saturated carbocycles. The number of piperidine rings is 1. The maximum atomic E-state index is 14.0. The predicted molar refractivity (Wildman–Crippen MR) is 250 cm³/mol. The normalized spacial score (nSPS) is 21.6. The highest BCUT2D eigenvalue weighted by molar-refractivity contribution is 7.90. The minimum atomic E-state index is -4.62. The van der Waals surface area contributed by atoms with E-state index in [1.54, 1.807) is 30.5 Å². The smallest absolute Gasteiger partial charge is 0.312 e. The highest BCUT2D eigenvalue weighted by atomic mass is 35.5. The number of H-pyrrole nitrogens is 1. The first-order valence-electron chi connectivity index (χ1n) is 22.8. The summed E-state index contributed by atoms with van der Waals surface area (Å²) in [6.07, 6.45) is 12.6. The van der Waals surface area contributed by atoms with Crippen LogP contribution in [-0.4, -0.2) is 84.5 Å². The molecular weight excluding hydrogens is 868 g/mol. The molecule has 65 heavy (non-hydrogen) atoms. The molecule has 344 valence electrons. The fraction of sp³-hybridized carbons (Fsp3) is 0.479. The number of amides is 1. The maximum Gasteiger partial charge on any atom is 0.312 e. The minimum Gasteiger partial charge on any atom is -0.455 e. The Labute approximate surface area is 384 Å². The number of halogens is 1. The molecule has 3 aromatic heterocycles. The highest BCUT2D eigenvalue weighted by Gasteiger charge is 2.49. The van der Waals surface area contributed by atoms with Gasteiger partial charge in [-0.3, -0.25) is 19.8 Å². The number of morpholine rings is 1. The zero-order chi connectivity index (χ0) is 45.5. The fourth-order valence-electron chi connectivity index (χ4n) is 10.5. The van der Waals surface area contributed by atoms with E-state index in [1.165, 1.54) is 17.3 Å². The second-order valence-corrected chi connectivity index (χ2v) is 21.0. The molecule has 1 spiro atoms. The van der Waals surface area contributed by atoms with Crippen molar-refractivity contribution in [2.75, 3.05) is 49.6 Å². The molecule has 0 unspecified atom stereocenters. The van der Waals surface area contributed by atoms with Crippen LogP contribution < -0.4 is 19.7 Å². The zero-order valence-electron chi connectivity index (χ0n) is 37.1. The van der Waals surface area contributed by atoms with E-state index in [1.807, 2.05) is 0 Å². The number of nitro groups is 1. The monoisotopic (exact) mass is 924 g/mol. The average molecular weight is 926 g/mol. The number of sulfonamides is 1. The van der Waals surface area contributed by atoms with Crippen LogP contribution in [0.25, 0.3) is 11.0 Å². The number of benzene rings is 2. The molecule has 9 rings (SSSR count). The Morgan fingerprint density at radius 3 is 2.57 bits per heavy atom. The third-order valence-electron chi connectivity index (χ3n) is 14.3. The van der Waals surface area contributed by atoms with Crippen molar-refractivity contribution in [1.29, 1.82) is 0 Å². The molecular formula is C48H57ClN8O7S. The fourth-order valence-corrected chi connectivity index (χ4v) is 11.6. The van der Waals surface area contributed by atoms with E-state index in [-0.39, 0.29) is 34.3 Å². The van der Waals surface area contributed by atoms with Crippen LogP contribution in [0.5, 0.6) is 11.5 Å². The largest absolute Gasteiger partial charge is 0.455 e. The lowest BCUT2D eigenvalue weighted by Crippen LogP contribution is -2.58. The summed E-state index contributed by atoms with van der Waals surface area (Å²) >= 11 is 6.41. The molecule has 2 aromatic carbocycles. The van der Waals surface area contributed by atoms with Gasteiger partial charge in [-0.1, -0.05) is 69.5 Å². The van der Waals surface area contributed by atoms with E-state index in [2.05, 4.69) is 79.8 Å². The van der Waals surface area contributed by atoms with Crippen molar-refractivity contribution in [1.82, 2.24) is 24.6 Å². The number of ether oxygens (including phenoxy) is 2. The van der Waals surface area contributed by atoms with Crippen LogP contribution in [-0.2, 0) is 14.8 Å². The summed E-state index contributed by atoms with van der Waals surface area (Å²) in [5, 5.41) is 16.2. The van der Waals surface area contributed by atoms with E-state index < -0.39 is 31.4 Å². The van der Waals surface area contributed by atoms with Crippen LogP contribution in [0.4, 0.5) is 17.2 Å². The number of anilines is 2. The molecule has 2 aliphatic heterocycles. The van der Waals surface area contributed by atoms with Crippen molar-refractivity contribution >= 4 is 55.8 Å². The van der Waals surface area contributed by atoms with Crippen LogP contribution in [0.3, 0.4) is 0 Å². The molecule has 2 aliphatic carbocycles. The van der Waals surface area contributed by atoms with Gasteiger partial charge in [0.2, 0.25) is 5.82 Å². The van der Waals surface area contributed by atoms with Crippen molar-refractivity contribution in [3.05, 3.63) is 105 Å². The Bertz CT molecular complexity index is 2670. The third kappa shape index (κ3) is 9.54. The molecule has 0 radical (unpaired) electrons. The van der Waals surface area contributed by atoms with Crippen LogP contribution in [0, 0.1) is 27.4 Å². The van der Waals surface area contributed by atoms with Crippen molar-refractivity contribution < 1.29 is 27.6 Å². The number of carbonyl (C=O) groups excluding carboxylic acids is 1. The quantitative estimate of drug-likeness (QED) is 0.0752. The second-order valence-electron chi connectivity index (χ2n) is 18.9. The SMILES string of the molecule is CC1CCC(CNc2ncc(S(=O)(=O)NC(=O)c3ccc(N4CCC5(CC4)CC(N4CCOC[C@H]4c4ccccc4C(C)C)C5)cc3Oc3cnc4[nH]cc(Cl)c4c3)cc2[N+](=O)[O-])CC1. The minimum absolute atomic E-state index is 0.0203. The Balaban J connectivity index is 0.910. The van der Waals surface area contributed by atoms with E-state index in [0.717, 1.165) is 95.6 Å². The van der Waals surface area contributed by atoms with Gasteiger partial charge in [0.25, 0.3) is 15.9 Å². The standard InChI is InChI=1S/C48H57ClN8O7S/c1-30(2)37-6-4-5-7-38(37)43-29-63-19-18-56(43)34-23-48(24-34)14-16-55(17-15-48)33-12-13-39(44(20-33)64-35-21-40-41(49)28-53-45(40)51-26-35)47(58)54-65(61,62)36-22-42(57(59)60)46(52-27-36)50-25-32-10-8-31(3)9-11-32/h4-7,12-13,20-22,26-28,30-32,34,43H,8-11,14-19,23-25,29H2,1-3H3,(H,50,52)(H,51,53)(H,54,58)/t31?,32?,43-/m0/s1. The zero-order valence-corrected chi connectivity index (χ0v) is 38.7. The number of carbonyl (C=O) groups is 1. The molecule has 17 heteroatoms. The van der Waals surface area contributed by atoms with Crippen molar-refractivity contribution in [2.24, 2.45) is 17.3 Å². The van der Waals surface area contributed by atoms with Crippen LogP contribution in [0.2, 0.25) is 5.02 Å². The predicted octanol–water partition coefficient (Wildman–Crippen LogP) is 9.61. The number of rotatable bonds is 13. The van der Waals surface area contributed by atoms with Gasteiger partial charge in [0.05, 0.1) is 47.2 Å². The summed E-state index contributed by atoms with van der Waals surface area (Å²) in [5.41, 5.74) is 3.82. The summed E-state index contributed by atoms with van der Waals surface area (Å²) in [7, 11) is -4.62. The molecule has 5 heterocycles. The van der Waals surface area contributed by atoms with Gasteiger partial charge in [-0.25, -0.2) is 23.1 Å². The van der Waals surface area contributed by atoms with Crippen molar-refractivity contribution in [3.8, 4) is 11.5 Å². The van der Waals surface area contributed by atoms with Gasteiger partial charge >= 0.3 is 5.69 Å². The lowest BCUT2D eigenvalue weighted by atomic mass is 9.59. The Morgan fingerprint density at radius 1 is 1.05 bits per heavy atom. The summed E-state index contributed by atoms with van der Waals surface area (Å²) in [4.78, 5) is 41.5. The molecule has 3 N–H and O–H groups in total. The first kappa shape index (κ1) is 44.9. The number of nitrogens with zero attached hydrogens (tertiary/aromatic N) is 5. The first-order valence-corrected chi connectivity index (χ1v) is 24.7. The molecule has 5 aromatic rings. The Morgan fingerprint density at radius 2 is 1.82 bits per heavy atom. The van der Waals surface area contributed by atoms with Gasteiger partial charge in [-0.2, -0.15) is 0 Å². The number of pyridine rings is 2. The molecule has 1 amide bonds. The van der Waals surface area contributed by atoms with E-state index in [0.29, 0.717) is 53.0 Å². The number of nitrogens with one attached hydrogen (secondary N) is 3. The number of aromatic amines is 1. The van der Waals surface area contributed by atoms with Crippen LogP contribution >= 0.6 is 11.6 Å². The average Bonchev–Trinajstić information content (AvgIpc) is 3.66. The second kappa shape index (κ2) is 18.5. The molecule has 0 bridgehead atoms. The van der Waals surface area contributed by atoms with Crippen molar-refractivity contribution in [2.45, 2.75) is 95.0 Å². The van der Waals surface area contributed by atoms with Gasteiger partial charge in [-0.05, 0) is 91.0 Å². The topological polar surface area (TPSA) is 185 Å². The highest BCUT2D eigenvalue weighted by Crippen LogP contribution is 2.53. The molecule has 4 aliphatic rings. The molecule has 2 saturated heterocycles. The lowest BCUT2D eigenvalue weighted by Gasteiger charge is -2.57. The van der Waals surface area contributed by atoms with Crippen molar-refractivity contribution in [3.63, 3.8) is 0 Å². The van der Waals surface area contributed by atoms with Crippen LogP contribution in [0.15, 0.2) is 78.1 Å². The van der Waals surface area contributed by atoms with Gasteiger partial charge < -0.3 is 24.7 Å². The maximum absolute atomic E-state index is 14.0. The molecule has 1 atom stereocenters. The van der Waals surface area contributed by atoms with E-state index in [9.17, 15) is 23.3 Å². The summed E-state index contributed by atoms with van der Waals surface area (Å²) < 4.78 is 41.9. The molecule has 4 fully saturated rings. The summed E-state index contributed by atoms with van der Waals surface area (Å²) in [6.45, 7) is 11.2. The lowest BCUT2D eigenvalue weighted by molar-refractivity contribution is -0.384. The van der Waals surface area contributed by atoms with Gasteiger partial charge in [0, 0.05) is 61.6 Å². The third-order valence-corrected chi connectivity index (χ3v) is 15.9.